The first-order chi connectivity index (χ1) is 11.1. The van der Waals surface area contributed by atoms with E-state index in [0.29, 0.717) is 35.3 Å². The van der Waals surface area contributed by atoms with Crippen molar-refractivity contribution in [3.05, 3.63) is 22.7 Å². The van der Waals surface area contributed by atoms with E-state index in [1.807, 2.05) is 6.92 Å². The summed E-state index contributed by atoms with van der Waals surface area (Å²) < 4.78 is 16.3. The van der Waals surface area contributed by atoms with Gasteiger partial charge in [0.2, 0.25) is 0 Å². The molecular weight excluding hydrogens is 320 g/mol. The fourth-order valence-electron chi connectivity index (χ4n) is 2.77. The highest BCUT2D eigenvalue weighted by Gasteiger charge is 2.21. The molecule has 0 radical (unpaired) electrons. The topological polar surface area (TPSA) is 60.0 Å². The molecule has 2 aliphatic rings. The van der Waals surface area contributed by atoms with Crippen molar-refractivity contribution >= 4 is 17.5 Å². The summed E-state index contributed by atoms with van der Waals surface area (Å²) >= 11 is 6.18. The molecule has 6 nitrogen and oxygen atoms in total. The van der Waals surface area contributed by atoms with Crippen molar-refractivity contribution < 1.29 is 19.0 Å². The molecule has 7 heteroatoms. The highest BCUT2D eigenvalue weighted by atomic mass is 35.5. The van der Waals surface area contributed by atoms with Gasteiger partial charge in [-0.05, 0) is 19.1 Å². The maximum atomic E-state index is 12.4. The number of nitrogens with zero attached hydrogens (tertiary/aromatic N) is 1. The van der Waals surface area contributed by atoms with Crippen LogP contribution in [0.25, 0.3) is 0 Å². The van der Waals surface area contributed by atoms with Crippen LogP contribution in [0, 0.1) is 0 Å². The number of nitrogens with one attached hydrogen (secondary N) is 1. The van der Waals surface area contributed by atoms with E-state index in [1.54, 1.807) is 12.1 Å². The van der Waals surface area contributed by atoms with Crippen LogP contribution in [0.1, 0.15) is 17.3 Å². The lowest BCUT2D eigenvalue weighted by Gasteiger charge is -2.29. The molecule has 1 aromatic rings. The molecule has 1 amide bonds. The maximum Gasteiger partial charge on any atom is 0.251 e. The molecule has 0 bridgehead atoms. The van der Waals surface area contributed by atoms with Crippen molar-refractivity contribution in [3.8, 4) is 11.5 Å². The van der Waals surface area contributed by atoms with E-state index < -0.39 is 0 Å². The third-order valence-electron chi connectivity index (χ3n) is 3.87. The van der Waals surface area contributed by atoms with Crippen LogP contribution in [0.5, 0.6) is 11.5 Å². The molecule has 0 saturated carbocycles. The van der Waals surface area contributed by atoms with Crippen LogP contribution in [-0.2, 0) is 4.74 Å². The van der Waals surface area contributed by atoms with Gasteiger partial charge in [-0.25, -0.2) is 0 Å². The van der Waals surface area contributed by atoms with Gasteiger partial charge in [-0.3, -0.25) is 9.69 Å². The van der Waals surface area contributed by atoms with Gasteiger partial charge in [0.15, 0.2) is 11.5 Å². The summed E-state index contributed by atoms with van der Waals surface area (Å²) in [6.07, 6.45) is 0. The highest BCUT2D eigenvalue weighted by Crippen LogP contribution is 2.38. The number of hydrogen-bond acceptors (Lipinski definition) is 5. The number of amides is 1. The number of benzene rings is 1. The zero-order valence-corrected chi connectivity index (χ0v) is 13.9. The van der Waals surface area contributed by atoms with Crippen LogP contribution >= 0.6 is 11.6 Å². The Kier molecular flexibility index (Phi) is 5.25. The largest absolute Gasteiger partial charge is 0.486 e. The van der Waals surface area contributed by atoms with Gasteiger partial charge in [0, 0.05) is 31.2 Å². The Morgan fingerprint density at radius 1 is 1.26 bits per heavy atom. The van der Waals surface area contributed by atoms with E-state index in [1.165, 1.54) is 0 Å². The summed E-state index contributed by atoms with van der Waals surface area (Å²) in [6, 6.07) is 3.33. The van der Waals surface area contributed by atoms with Crippen LogP contribution in [0.2, 0.25) is 5.02 Å². The standard InChI is InChI=1S/C16H21ClN2O4/c1-11(10-19-2-4-21-5-3-19)18-16(20)12-8-13(17)15-14(9-12)22-6-7-23-15/h8-9,11H,2-7,10H2,1H3,(H,18,20). The summed E-state index contributed by atoms with van der Waals surface area (Å²) in [5, 5.41) is 3.40. The minimum absolute atomic E-state index is 0.0348. The van der Waals surface area contributed by atoms with Crippen molar-refractivity contribution in [2.24, 2.45) is 0 Å². The van der Waals surface area contributed by atoms with Gasteiger partial charge in [-0.2, -0.15) is 0 Å². The molecule has 3 rings (SSSR count). The summed E-state index contributed by atoms with van der Waals surface area (Å²) in [5.74, 6) is 0.871. The molecule has 23 heavy (non-hydrogen) atoms. The van der Waals surface area contributed by atoms with Crippen LogP contribution in [0.15, 0.2) is 12.1 Å². The average molecular weight is 341 g/mol. The van der Waals surface area contributed by atoms with Gasteiger partial charge >= 0.3 is 0 Å². The summed E-state index contributed by atoms with van der Waals surface area (Å²) in [4.78, 5) is 14.7. The average Bonchev–Trinajstić information content (AvgIpc) is 2.55. The Balaban J connectivity index is 1.62. The van der Waals surface area contributed by atoms with E-state index in [-0.39, 0.29) is 11.9 Å². The third-order valence-corrected chi connectivity index (χ3v) is 4.15. The van der Waals surface area contributed by atoms with Crippen molar-refractivity contribution in [3.63, 3.8) is 0 Å². The minimum atomic E-state index is -0.162. The molecule has 1 unspecified atom stereocenters. The molecule has 0 spiro atoms. The van der Waals surface area contributed by atoms with Gasteiger partial charge in [0.1, 0.15) is 13.2 Å². The fraction of sp³-hybridized carbons (Fsp3) is 0.562. The Morgan fingerprint density at radius 2 is 2.00 bits per heavy atom. The summed E-state index contributed by atoms with van der Waals surface area (Å²) in [5.41, 5.74) is 0.480. The van der Waals surface area contributed by atoms with Crippen LogP contribution in [0.3, 0.4) is 0 Å². The number of morpholine rings is 1. The Hall–Kier alpha value is -1.50. The lowest BCUT2D eigenvalue weighted by atomic mass is 10.1. The van der Waals surface area contributed by atoms with Crippen LogP contribution in [0.4, 0.5) is 0 Å². The summed E-state index contributed by atoms with van der Waals surface area (Å²) in [7, 11) is 0. The number of ether oxygens (including phenoxy) is 3. The fourth-order valence-corrected chi connectivity index (χ4v) is 3.03. The van der Waals surface area contributed by atoms with Gasteiger partial charge in [0.05, 0.1) is 18.2 Å². The Labute approximate surface area is 140 Å². The van der Waals surface area contributed by atoms with E-state index in [0.717, 1.165) is 32.8 Å². The second kappa shape index (κ2) is 7.38. The Bertz CT molecular complexity index is 575. The Morgan fingerprint density at radius 3 is 2.78 bits per heavy atom. The number of rotatable bonds is 4. The van der Waals surface area contributed by atoms with Gasteiger partial charge < -0.3 is 19.5 Å². The van der Waals surface area contributed by atoms with Crippen molar-refractivity contribution in [2.45, 2.75) is 13.0 Å². The lowest BCUT2D eigenvalue weighted by Crippen LogP contribution is -2.46. The van der Waals surface area contributed by atoms with Crippen molar-refractivity contribution in [1.29, 1.82) is 0 Å². The zero-order valence-electron chi connectivity index (χ0n) is 13.1. The van der Waals surface area contributed by atoms with Crippen LogP contribution in [-0.4, -0.2) is 62.9 Å². The molecule has 1 N–H and O–H groups in total. The number of hydrogen-bond donors (Lipinski definition) is 1. The molecule has 126 valence electrons. The monoisotopic (exact) mass is 340 g/mol. The number of fused-ring (bicyclic) bond motifs is 1. The summed E-state index contributed by atoms with van der Waals surface area (Å²) in [6.45, 7) is 7.01. The molecule has 0 aromatic heterocycles. The molecule has 1 saturated heterocycles. The van der Waals surface area contributed by atoms with E-state index >= 15 is 0 Å². The predicted octanol–water partition coefficient (Wildman–Crippen LogP) is 1.56. The second-order valence-corrected chi connectivity index (χ2v) is 6.18. The molecule has 0 aliphatic carbocycles. The van der Waals surface area contributed by atoms with E-state index in [2.05, 4.69) is 10.2 Å². The number of halogens is 1. The quantitative estimate of drug-likeness (QED) is 0.901. The molecule has 2 aliphatic heterocycles. The predicted molar refractivity (Wildman–Crippen MR) is 86.6 cm³/mol. The number of carbonyl (C=O) groups is 1. The van der Waals surface area contributed by atoms with E-state index in [9.17, 15) is 4.79 Å². The second-order valence-electron chi connectivity index (χ2n) is 5.77. The molecule has 1 aromatic carbocycles. The van der Waals surface area contributed by atoms with Gasteiger partial charge in [0.25, 0.3) is 5.91 Å². The third kappa shape index (κ3) is 4.07. The van der Waals surface area contributed by atoms with Crippen molar-refractivity contribution in [1.82, 2.24) is 10.2 Å². The first kappa shape index (κ1) is 16.4. The minimum Gasteiger partial charge on any atom is -0.486 e. The van der Waals surface area contributed by atoms with Gasteiger partial charge in [-0.15, -0.1) is 0 Å². The molecular formula is C16H21ClN2O4. The number of carbonyl (C=O) groups excluding carboxylic acids is 1. The highest BCUT2D eigenvalue weighted by molar-refractivity contribution is 6.32. The van der Waals surface area contributed by atoms with Gasteiger partial charge in [-0.1, -0.05) is 11.6 Å². The lowest BCUT2D eigenvalue weighted by molar-refractivity contribution is 0.0342. The maximum absolute atomic E-state index is 12.4. The smallest absolute Gasteiger partial charge is 0.251 e. The van der Waals surface area contributed by atoms with Crippen LogP contribution < -0.4 is 14.8 Å². The SMILES string of the molecule is CC(CN1CCOCC1)NC(=O)c1cc(Cl)c2c(c1)OCCO2. The molecule has 2 heterocycles. The zero-order chi connectivity index (χ0) is 16.2. The molecule has 1 atom stereocenters. The normalized spacial score (nSPS) is 19.2. The van der Waals surface area contributed by atoms with E-state index in [4.69, 9.17) is 25.8 Å². The van der Waals surface area contributed by atoms with Crippen molar-refractivity contribution in [2.75, 3.05) is 46.1 Å². The first-order valence-electron chi connectivity index (χ1n) is 7.83. The molecule has 1 fully saturated rings. The first-order valence-corrected chi connectivity index (χ1v) is 8.21.